The van der Waals surface area contributed by atoms with Gasteiger partial charge in [-0.25, -0.2) is 0 Å². The van der Waals surface area contributed by atoms with Gasteiger partial charge in [0, 0.05) is 0 Å². The Hall–Kier alpha value is -0.570. The molecule has 2 N–H and O–H groups in total. The van der Waals surface area contributed by atoms with E-state index in [9.17, 15) is 15.0 Å². The zero-order chi connectivity index (χ0) is 31.5. The van der Waals surface area contributed by atoms with E-state index >= 15 is 0 Å². The van der Waals surface area contributed by atoms with Crippen molar-refractivity contribution in [2.24, 2.45) is 5.92 Å². The maximum Gasteiger partial charge on any atom is 0.306 e. The molecule has 2 unspecified atom stereocenters. The Bertz CT molecular complexity index is 534. The van der Waals surface area contributed by atoms with Crippen LogP contribution >= 0.6 is 0 Å². The molecular formula is C40H80O3. The standard InChI is InChI=1S/C40H80O3/c1-3-5-7-9-11-13-14-15-16-17-18-19-20-22-26-30-34-38(40(42)43)35-31-27-23-21-25-29-33-37-39(41)36-32-28-24-12-10-8-6-4-2/h38-39,41H,3-37H2,1-2H3,(H,42,43). The van der Waals surface area contributed by atoms with Crippen molar-refractivity contribution in [3.63, 3.8) is 0 Å². The van der Waals surface area contributed by atoms with Crippen LogP contribution in [0, 0.1) is 5.92 Å². The van der Waals surface area contributed by atoms with Crippen LogP contribution in [-0.2, 0) is 4.79 Å². The second kappa shape index (κ2) is 35.9. The summed E-state index contributed by atoms with van der Waals surface area (Å²) in [5, 5.41) is 19.9. The third kappa shape index (κ3) is 34.1. The van der Waals surface area contributed by atoms with Crippen molar-refractivity contribution in [3.05, 3.63) is 0 Å². The lowest BCUT2D eigenvalue weighted by atomic mass is 9.94. The SMILES string of the molecule is CCCCCCCCCCCCCCCCCCC(CCCCCCCCCC(O)CCCCCCCCCC)C(=O)O. The molecule has 3 nitrogen and oxygen atoms in total. The van der Waals surface area contributed by atoms with Crippen molar-refractivity contribution in [1.82, 2.24) is 0 Å². The number of aliphatic hydroxyl groups excluding tert-OH is 1. The number of unbranched alkanes of at least 4 members (excludes halogenated alkanes) is 28. The number of carboxylic acids is 1. The van der Waals surface area contributed by atoms with Crippen molar-refractivity contribution in [3.8, 4) is 0 Å². The lowest BCUT2D eigenvalue weighted by Crippen LogP contribution is -2.13. The molecule has 0 aromatic rings. The van der Waals surface area contributed by atoms with Crippen molar-refractivity contribution >= 4 is 5.97 Å². The first-order valence-electron chi connectivity index (χ1n) is 20.0. The molecule has 0 rings (SSSR count). The summed E-state index contributed by atoms with van der Waals surface area (Å²) in [7, 11) is 0. The molecule has 258 valence electrons. The quantitative estimate of drug-likeness (QED) is 0.0690. The highest BCUT2D eigenvalue weighted by Crippen LogP contribution is 2.21. The molecule has 43 heavy (non-hydrogen) atoms. The molecular weight excluding hydrogens is 528 g/mol. The minimum absolute atomic E-state index is 0.0950. The zero-order valence-corrected chi connectivity index (χ0v) is 29.7. The summed E-state index contributed by atoms with van der Waals surface area (Å²) in [6, 6.07) is 0. The molecule has 3 heteroatoms. The van der Waals surface area contributed by atoms with Crippen LogP contribution in [0.5, 0.6) is 0 Å². The van der Waals surface area contributed by atoms with Crippen molar-refractivity contribution in [2.45, 2.75) is 245 Å². The fourth-order valence-corrected chi connectivity index (χ4v) is 6.64. The molecule has 0 saturated carbocycles. The third-order valence-corrected chi connectivity index (χ3v) is 9.74. The highest BCUT2D eigenvalue weighted by molar-refractivity contribution is 5.69. The van der Waals surface area contributed by atoms with E-state index in [0.29, 0.717) is 0 Å². The molecule has 2 atom stereocenters. The fourth-order valence-electron chi connectivity index (χ4n) is 6.64. The summed E-state index contributed by atoms with van der Waals surface area (Å²) < 4.78 is 0. The van der Waals surface area contributed by atoms with Crippen LogP contribution in [0.15, 0.2) is 0 Å². The Morgan fingerprint density at radius 2 is 0.581 bits per heavy atom. The normalized spacial score (nSPS) is 13.0. The lowest BCUT2D eigenvalue weighted by Gasteiger charge is -2.12. The van der Waals surface area contributed by atoms with Crippen LogP contribution in [-0.4, -0.2) is 22.3 Å². The van der Waals surface area contributed by atoms with Gasteiger partial charge in [0.05, 0.1) is 12.0 Å². The third-order valence-electron chi connectivity index (χ3n) is 9.74. The molecule has 0 aliphatic heterocycles. The predicted octanol–water partition coefficient (Wildman–Crippen LogP) is 13.7. The van der Waals surface area contributed by atoms with Gasteiger partial charge in [-0.1, -0.05) is 213 Å². The van der Waals surface area contributed by atoms with E-state index in [2.05, 4.69) is 13.8 Å². The van der Waals surface area contributed by atoms with E-state index in [1.807, 2.05) is 0 Å². The second-order valence-corrected chi connectivity index (χ2v) is 14.1. The van der Waals surface area contributed by atoms with Gasteiger partial charge in [0.1, 0.15) is 0 Å². The number of carboxylic acid groups (broad SMARTS) is 1. The Labute approximate surface area is 271 Å². The minimum Gasteiger partial charge on any atom is -0.481 e. The van der Waals surface area contributed by atoms with Crippen LogP contribution in [0.2, 0.25) is 0 Å². The van der Waals surface area contributed by atoms with E-state index in [1.165, 1.54) is 180 Å². The number of aliphatic carboxylic acids is 1. The van der Waals surface area contributed by atoms with E-state index in [-0.39, 0.29) is 12.0 Å². The Kier molecular flexibility index (Phi) is 35.4. The summed E-state index contributed by atoms with van der Waals surface area (Å²) in [6.45, 7) is 4.55. The lowest BCUT2D eigenvalue weighted by molar-refractivity contribution is -0.142. The van der Waals surface area contributed by atoms with Crippen LogP contribution in [0.25, 0.3) is 0 Å². The van der Waals surface area contributed by atoms with Gasteiger partial charge >= 0.3 is 5.97 Å². The second-order valence-electron chi connectivity index (χ2n) is 14.1. The smallest absolute Gasteiger partial charge is 0.306 e. The van der Waals surface area contributed by atoms with Gasteiger partial charge in [-0.15, -0.1) is 0 Å². The van der Waals surface area contributed by atoms with Gasteiger partial charge in [-0.3, -0.25) is 4.79 Å². The minimum atomic E-state index is -0.577. The first-order chi connectivity index (χ1) is 21.1. The fraction of sp³-hybridized carbons (Fsp3) is 0.975. The monoisotopic (exact) mass is 609 g/mol. The number of hydrogen-bond acceptors (Lipinski definition) is 2. The van der Waals surface area contributed by atoms with E-state index < -0.39 is 5.97 Å². The Morgan fingerprint density at radius 3 is 0.814 bits per heavy atom. The van der Waals surface area contributed by atoms with Crippen LogP contribution in [0.1, 0.15) is 239 Å². The van der Waals surface area contributed by atoms with Gasteiger partial charge in [0.25, 0.3) is 0 Å². The number of aliphatic hydroxyl groups is 1. The van der Waals surface area contributed by atoms with E-state index in [1.54, 1.807) is 0 Å². The molecule has 0 aliphatic rings. The molecule has 0 aliphatic carbocycles. The van der Waals surface area contributed by atoms with Gasteiger partial charge in [-0.05, 0) is 25.7 Å². The molecule has 0 spiro atoms. The number of rotatable bonds is 37. The largest absolute Gasteiger partial charge is 0.481 e. The molecule has 0 heterocycles. The maximum atomic E-state index is 11.7. The summed E-state index contributed by atoms with van der Waals surface area (Å²) >= 11 is 0. The van der Waals surface area contributed by atoms with Gasteiger partial charge in [0.15, 0.2) is 0 Å². The first kappa shape index (κ1) is 42.4. The average molecular weight is 609 g/mol. The summed E-state index contributed by atoms with van der Waals surface area (Å²) in [4.78, 5) is 11.7. The molecule has 0 fully saturated rings. The summed E-state index contributed by atoms with van der Waals surface area (Å²) in [5.74, 6) is -0.708. The van der Waals surface area contributed by atoms with Gasteiger partial charge in [-0.2, -0.15) is 0 Å². The van der Waals surface area contributed by atoms with Gasteiger partial charge < -0.3 is 10.2 Å². The van der Waals surface area contributed by atoms with Crippen LogP contribution in [0.4, 0.5) is 0 Å². The first-order valence-corrected chi connectivity index (χ1v) is 20.0. The van der Waals surface area contributed by atoms with Crippen LogP contribution in [0.3, 0.4) is 0 Å². The molecule has 0 bridgehead atoms. The maximum absolute atomic E-state index is 11.7. The van der Waals surface area contributed by atoms with E-state index in [0.717, 1.165) is 44.9 Å². The average Bonchev–Trinajstić information content (AvgIpc) is 3.00. The topological polar surface area (TPSA) is 57.5 Å². The molecule has 0 saturated heterocycles. The Balaban J connectivity index is 3.44. The Morgan fingerprint density at radius 1 is 0.372 bits per heavy atom. The molecule has 0 aromatic heterocycles. The number of carbonyl (C=O) groups is 1. The van der Waals surface area contributed by atoms with Crippen LogP contribution < -0.4 is 0 Å². The van der Waals surface area contributed by atoms with Crippen molar-refractivity contribution in [1.29, 1.82) is 0 Å². The summed E-state index contributed by atoms with van der Waals surface area (Å²) in [5.41, 5.74) is 0. The van der Waals surface area contributed by atoms with Gasteiger partial charge in [0.2, 0.25) is 0 Å². The predicted molar refractivity (Wildman–Crippen MR) is 190 cm³/mol. The molecule has 0 aromatic carbocycles. The van der Waals surface area contributed by atoms with E-state index in [4.69, 9.17) is 0 Å². The molecule has 0 radical (unpaired) electrons. The highest BCUT2D eigenvalue weighted by atomic mass is 16.4. The summed E-state index contributed by atoms with van der Waals surface area (Å²) in [6.07, 6.45) is 44.4. The van der Waals surface area contributed by atoms with Crippen molar-refractivity contribution in [2.75, 3.05) is 0 Å². The van der Waals surface area contributed by atoms with Crippen molar-refractivity contribution < 1.29 is 15.0 Å². The molecule has 0 amide bonds. The highest BCUT2D eigenvalue weighted by Gasteiger charge is 2.16. The zero-order valence-electron chi connectivity index (χ0n) is 29.7. The number of hydrogen-bond donors (Lipinski definition) is 2.